The second-order valence-electron chi connectivity index (χ2n) is 6.33. The number of alkyl halides is 3. The standard InChI is InChI=1S/C20H23F3N2O3/c1-13(19(26)24-16-8-6-15(7-9-16)20(21,22)23)25(2)12-14-5-10-17(27-3)11-18(14)28-4/h5-11,13H,12H2,1-4H3,(H,24,26)/t13-/m1/s1. The lowest BCUT2D eigenvalue weighted by Crippen LogP contribution is -2.39. The van der Waals surface area contributed by atoms with Crippen LogP contribution >= 0.6 is 0 Å². The summed E-state index contributed by atoms with van der Waals surface area (Å²) in [5.74, 6) is 0.979. The van der Waals surface area contributed by atoms with Crippen LogP contribution in [0.3, 0.4) is 0 Å². The van der Waals surface area contributed by atoms with Crippen molar-refractivity contribution in [3.63, 3.8) is 0 Å². The van der Waals surface area contributed by atoms with Gasteiger partial charge in [-0.1, -0.05) is 6.07 Å². The summed E-state index contributed by atoms with van der Waals surface area (Å²) < 4.78 is 48.4. The molecule has 0 aliphatic heterocycles. The van der Waals surface area contributed by atoms with Crippen molar-refractivity contribution in [2.75, 3.05) is 26.6 Å². The maximum Gasteiger partial charge on any atom is 0.416 e. The van der Waals surface area contributed by atoms with Crippen LogP contribution in [0.1, 0.15) is 18.1 Å². The number of anilines is 1. The predicted octanol–water partition coefficient (Wildman–Crippen LogP) is 4.18. The van der Waals surface area contributed by atoms with E-state index in [0.29, 0.717) is 23.7 Å². The molecule has 1 N–H and O–H groups in total. The number of benzene rings is 2. The van der Waals surface area contributed by atoms with E-state index in [2.05, 4.69) is 5.32 Å². The maximum atomic E-state index is 12.6. The van der Waals surface area contributed by atoms with E-state index in [9.17, 15) is 18.0 Å². The Balaban J connectivity index is 2.02. The third-order valence-corrected chi connectivity index (χ3v) is 4.43. The van der Waals surface area contributed by atoms with E-state index in [4.69, 9.17) is 9.47 Å². The fourth-order valence-corrected chi connectivity index (χ4v) is 2.58. The first-order chi connectivity index (χ1) is 13.2. The Morgan fingerprint density at radius 3 is 2.29 bits per heavy atom. The SMILES string of the molecule is COc1ccc(CN(C)[C@H](C)C(=O)Nc2ccc(C(F)(F)F)cc2)c(OC)c1. The second kappa shape index (κ2) is 8.97. The van der Waals surface area contributed by atoms with E-state index < -0.39 is 17.8 Å². The number of nitrogens with one attached hydrogen (secondary N) is 1. The monoisotopic (exact) mass is 396 g/mol. The van der Waals surface area contributed by atoms with Gasteiger partial charge < -0.3 is 14.8 Å². The van der Waals surface area contributed by atoms with Gasteiger partial charge in [0.15, 0.2) is 0 Å². The number of rotatable bonds is 7. The summed E-state index contributed by atoms with van der Waals surface area (Å²) in [6.45, 7) is 2.16. The van der Waals surface area contributed by atoms with Crippen molar-refractivity contribution in [1.82, 2.24) is 4.90 Å². The summed E-state index contributed by atoms with van der Waals surface area (Å²) in [5.41, 5.74) is 0.419. The number of likely N-dealkylation sites (N-methyl/N-ethyl adjacent to an activating group) is 1. The largest absolute Gasteiger partial charge is 0.497 e. The van der Waals surface area contributed by atoms with E-state index in [0.717, 1.165) is 17.7 Å². The van der Waals surface area contributed by atoms with Gasteiger partial charge in [-0.05, 0) is 44.3 Å². The summed E-state index contributed by atoms with van der Waals surface area (Å²) in [4.78, 5) is 14.3. The highest BCUT2D eigenvalue weighted by atomic mass is 19.4. The maximum absolute atomic E-state index is 12.6. The lowest BCUT2D eigenvalue weighted by Gasteiger charge is -2.25. The summed E-state index contributed by atoms with van der Waals surface area (Å²) in [7, 11) is 4.90. The number of hydrogen-bond acceptors (Lipinski definition) is 4. The molecule has 0 aromatic heterocycles. The summed E-state index contributed by atoms with van der Waals surface area (Å²) in [5, 5.41) is 2.63. The zero-order chi connectivity index (χ0) is 20.9. The molecule has 2 rings (SSSR count). The number of carbonyl (C=O) groups is 1. The average molecular weight is 396 g/mol. The van der Waals surface area contributed by atoms with Crippen LogP contribution in [0.5, 0.6) is 11.5 Å². The van der Waals surface area contributed by atoms with E-state index >= 15 is 0 Å². The molecule has 2 aromatic rings. The molecule has 0 aliphatic carbocycles. The molecule has 8 heteroatoms. The smallest absolute Gasteiger partial charge is 0.416 e. The number of carbonyl (C=O) groups excluding carboxylic acids is 1. The van der Waals surface area contributed by atoms with Crippen LogP contribution in [0, 0.1) is 0 Å². The lowest BCUT2D eigenvalue weighted by molar-refractivity contribution is -0.137. The van der Waals surface area contributed by atoms with Crippen LogP contribution in [0.4, 0.5) is 18.9 Å². The van der Waals surface area contributed by atoms with E-state index in [1.165, 1.54) is 12.1 Å². The Bertz CT molecular complexity index is 807. The predicted molar refractivity (Wildman–Crippen MR) is 101 cm³/mol. The van der Waals surface area contributed by atoms with E-state index in [1.807, 2.05) is 11.0 Å². The van der Waals surface area contributed by atoms with Crippen molar-refractivity contribution in [3.8, 4) is 11.5 Å². The van der Waals surface area contributed by atoms with Gasteiger partial charge in [0.05, 0.1) is 25.8 Å². The van der Waals surface area contributed by atoms with Crippen molar-refractivity contribution in [2.24, 2.45) is 0 Å². The molecule has 0 spiro atoms. The third-order valence-electron chi connectivity index (χ3n) is 4.43. The highest BCUT2D eigenvalue weighted by molar-refractivity contribution is 5.94. The lowest BCUT2D eigenvalue weighted by atomic mass is 10.1. The number of amides is 1. The first-order valence-electron chi connectivity index (χ1n) is 8.55. The average Bonchev–Trinajstić information content (AvgIpc) is 2.67. The van der Waals surface area contributed by atoms with Crippen LogP contribution < -0.4 is 14.8 Å². The molecule has 0 unspecified atom stereocenters. The summed E-state index contributed by atoms with van der Waals surface area (Å²) in [6.07, 6.45) is -4.41. The Morgan fingerprint density at radius 1 is 1.11 bits per heavy atom. The molecule has 0 bridgehead atoms. The van der Waals surface area contributed by atoms with Gasteiger partial charge in [0, 0.05) is 23.9 Å². The molecular formula is C20H23F3N2O3. The van der Waals surface area contributed by atoms with Gasteiger partial charge in [0.2, 0.25) is 5.91 Å². The first kappa shape index (κ1) is 21.6. The minimum atomic E-state index is -4.41. The van der Waals surface area contributed by atoms with Gasteiger partial charge >= 0.3 is 6.18 Å². The molecule has 0 radical (unpaired) electrons. The van der Waals surface area contributed by atoms with Crippen molar-refractivity contribution in [1.29, 1.82) is 0 Å². The second-order valence-corrected chi connectivity index (χ2v) is 6.33. The van der Waals surface area contributed by atoms with Crippen LogP contribution in [-0.2, 0) is 17.5 Å². The fourth-order valence-electron chi connectivity index (χ4n) is 2.58. The molecule has 28 heavy (non-hydrogen) atoms. The number of methoxy groups -OCH3 is 2. The van der Waals surface area contributed by atoms with Gasteiger partial charge in [-0.3, -0.25) is 9.69 Å². The molecule has 1 amide bonds. The minimum absolute atomic E-state index is 0.306. The Hall–Kier alpha value is -2.74. The van der Waals surface area contributed by atoms with Crippen molar-refractivity contribution < 1.29 is 27.4 Å². The van der Waals surface area contributed by atoms with E-state index in [-0.39, 0.29) is 5.91 Å². The van der Waals surface area contributed by atoms with Crippen molar-refractivity contribution in [2.45, 2.75) is 25.7 Å². The van der Waals surface area contributed by atoms with Gasteiger partial charge in [-0.15, -0.1) is 0 Å². The summed E-state index contributed by atoms with van der Waals surface area (Å²) >= 11 is 0. The Morgan fingerprint density at radius 2 is 1.75 bits per heavy atom. The topological polar surface area (TPSA) is 50.8 Å². The van der Waals surface area contributed by atoms with Crippen LogP contribution in [0.25, 0.3) is 0 Å². The highest BCUT2D eigenvalue weighted by Gasteiger charge is 2.30. The van der Waals surface area contributed by atoms with Gasteiger partial charge in [-0.2, -0.15) is 13.2 Å². The highest BCUT2D eigenvalue weighted by Crippen LogP contribution is 2.30. The molecule has 0 saturated carbocycles. The van der Waals surface area contributed by atoms with E-state index in [1.54, 1.807) is 40.3 Å². The molecular weight excluding hydrogens is 373 g/mol. The number of ether oxygens (including phenoxy) is 2. The van der Waals surface area contributed by atoms with Crippen molar-refractivity contribution >= 4 is 11.6 Å². The zero-order valence-electron chi connectivity index (χ0n) is 16.1. The van der Waals surface area contributed by atoms with Gasteiger partial charge in [0.25, 0.3) is 0 Å². The molecule has 152 valence electrons. The molecule has 2 aromatic carbocycles. The first-order valence-corrected chi connectivity index (χ1v) is 8.55. The summed E-state index contributed by atoms with van der Waals surface area (Å²) in [6, 6.07) is 9.25. The van der Waals surface area contributed by atoms with Gasteiger partial charge in [-0.25, -0.2) is 0 Å². The van der Waals surface area contributed by atoms with Crippen molar-refractivity contribution in [3.05, 3.63) is 53.6 Å². The quantitative estimate of drug-likeness (QED) is 0.763. The molecule has 1 atom stereocenters. The Kier molecular flexibility index (Phi) is 6.90. The number of halogens is 3. The normalized spacial score (nSPS) is 12.6. The number of nitrogens with zero attached hydrogens (tertiary/aromatic N) is 1. The van der Waals surface area contributed by atoms with Crippen LogP contribution in [-0.4, -0.2) is 38.1 Å². The molecule has 5 nitrogen and oxygen atoms in total. The fraction of sp³-hybridized carbons (Fsp3) is 0.350. The zero-order valence-corrected chi connectivity index (χ0v) is 16.1. The molecule has 0 saturated heterocycles. The molecule has 0 fully saturated rings. The minimum Gasteiger partial charge on any atom is -0.497 e. The Labute approximate surface area is 162 Å². The van der Waals surface area contributed by atoms with Crippen LogP contribution in [0.15, 0.2) is 42.5 Å². The molecule has 0 heterocycles. The van der Waals surface area contributed by atoms with Gasteiger partial charge in [0.1, 0.15) is 11.5 Å². The number of hydrogen-bond donors (Lipinski definition) is 1. The molecule has 0 aliphatic rings. The van der Waals surface area contributed by atoms with Crippen LogP contribution in [0.2, 0.25) is 0 Å². The third kappa shape index (κ3) is 5.39.